The number of aliphatic hydroxyl groups excluding tert-OH is 1. The van der Waals surface area contributed by atoms with Gasteiger partial charge < -0.3 is 10.2 Å². The van der Waals surface area contributed by atoms with E-state index in [1.54, 1.807) is 6.07 Å². The van der Waals surface area contributed by atoms with Gasteiger partial charge in [-0.2, -0.15) is 0 Å². The van der Waals surface area contributed by atoms with Crippen molar-refractivity contribution < 1.29 is 10.2 Å². The van der Waals surface area contributed by atoms with Crippen molar-refractivity contribution in [3.8, 4) is 5.75 Å². The number of aliphatic hydroxyl groups is 1. The molecule has 0 amide bonds. The van der Waals surface area contributed by atoms with Gasteiger partial charge >= 0.3 is 0 Å². The molecule has 0 unspecified atom stereocenters. The molecule has 0 spiro atoms. The van der Waals surface area contributed by atoms with E-state index in [0.717, 1.165) is 23.1 Å². The van der Waals surface area contributed by atoms with Gasteiger partial charge in [-0.25, -0.2) is 0 Å². The predicted octanol–water partition coefficient (Wildman–Crippen LogP) is 1.76. The number of phenolic OH excluding ortho intramolecular Hbond substituents is 1. The number of hydrogen-bond acceptors (Lipinski definition) is 2. The first-order valence-corrected chi connectivity index (χ1v) is 4.11. The Labute approximate surface area is 72.5 Å². The van der Waals surface area contributed by atoms with Crippen molar-refractivity contribution >= 4 is 0 Å². The molecule has 1 aromatic rings. The van der Waals surface area contributed by atoms with Gasteiger partial charge in [0.1, 0.15) is 5.75 Å². The fourth-order valence-electron chi connectivity index (χ4n) is 1.29. The van der Waals surface area contributed by atoms with E-state index in [0.29, 0.717) is 5.75 Å². The van der Waals surface area contributed by atoms with Crippen LogP contribution >= 0.6 is 0 Å². The molecule has 0 aliphatic rings. The molecule has 2 heteroatoms. The smallest absolute Gasteiger partial charge is 0.121 e. The summed E-state index contributed by atoms with van der Waals surface area (Å²) >= 11 is 0. The molecule has 1 rings (SSSR count). The van der Waals surface area contributed by atoms with Crippen molar-refractivity contribution in [3.05, 3.63) is 28.8 Å². The van der Waals surface area contributed by atoms with Gasteiger partial charge in [-0.3, -0.25) is 0 Å². The third-order valence-electron chi connectivity index (χ3n) is 2.00. The van der Waals surface area contributed by atoms with Crippen molar-refractivity contribution in [1.82, 2.24) is 0 Å². The molecule has 12 heavy (non-hydrogen) atoms. The lowest BCUT2D eigenvalue weighted by molar-refractivity contribution is 0.281. The first-order valence-electron chi connectivity index (χ1n) is 4.11. The molecule has 0 atom stereocenters. The van der Waals surface area contributed by atoms with Crippen molar-refractivity contribution in [2.45, 2.75) is 26.9 Å². The zero-order chi connectivity index (χ0) is 9.14. The van der Waals surface area contributed by atoms with Crippen LogP contribution in [-0.4, -0.2) is 10.2 Å². The van der Waals surface area contributed by atoms with Crippen LogP contribution < -0.4 is 0 Å². The summed E-state index contributed by atoms with van der Waals surface area (Å²) in [6.07, 6.45) is 0.792. The van der Waals surface area contributed by atoms with Crippen molar-refractivity contribution in [3.63, 3.8) is 0 Å². The number of aromatic hydroxyl groups is 1. The van der Waals surface area contributed by atoms with Crippen LogP contribution in [0.1, 0.15) is 23.6 Å². The molecule has 2 N–H and O–H groups in total. The molecular formula is C10H14O2. The average molecular weight is 166 g/mol. The molecule has 2 nitrogen and oxygen atoms in total. The van der Waals surface area contributed by atoms with E-state index in [2.05, 4.69) is 0 Å². The van der Waals surface area contributed by atoms with Crippen LogP contribution in [0, 0.1) is 6.92 Å². The van der Waals surface area contributed by atoms with E-state index < -0.39 is 0 Å². The minimum Gasteiger partial charge on any atom is -0.507 e. The van der Waals surface area contributed by atoms with E-state index in [1.807, 2.05) is 19.9 Å². The standard InChI is InChI=1S/C10H14O2/c1-3-9-5-8(6-11)4-7(2)10(9)12/h4-5,11-12H,3,6H2,1-2H3. The van der Waals surface area contributed by atoms with E-state index in [4.69, 9.17) is 5.11 Å². The Morgan fingerprint density at radius 2 is 2.00 bits per heavy atom. The maximum atomic E-state index is 9.54. The molecule has 0 fully saturated rings. The van der Waals surface area contributed by atoms with E-state index in [-0.39, 0.29) is 6.61 Å². The molecule has 0 aliphatic heterocycles. The third kappa shape index (κ3) is 1.59. The SMILES string of the molecule is CCc1cc(CO)cc(C)c1O. The van der Waals surface area contributed by atoms with Crippen LogP contribution in [-0.2, 0) is 13.0 Å². The fraction of sp³-hybridized carbons (Fsp3) is 0.400. The average Bonchev–Trinajstić information content (AvgIpc) is 2.09. The zero-order valence-electron chi connectivity index (χ0n) is 7.46. The number of hydrogen-bond donors (Lipinski definition) is 2. The summed E-state index contributed by atoms with van der Waals surface area (Å²) in [6, 6.07) is 3.64. The Bertz CT molecular complexity index is 279. The van der Waals surface area contributed by atoms with Gasteiger partial charge in [0, 0.05) is 0 Å². The summed E-state index contributed by atoms with van der Waals surface area (Å²) < 4.78 is 0. The molecule has 66 valence electrons. The quantitative estimate of drug-likeness (QED) is 0.702. The first-order chi connectivity index (χ1) is 5.69. The lowest BCUT2D eigenvalue weighted by Crippen LogP contribution is -1.90. The number of aryl methyl sites for hydroxylation is 2. The van der Waals surface area contributed by atoms with Crippen LogP contribution in [0.3, 0.4) is 0 Å². The van der Waals surface area contributed by atoms with Crippen LogP contribution in [0.4, 0.5) is 0 Å². The van der Waals surface area contributed by atoms with Gasteiger partial charge in [0.05, 0.1) is 6.61 Å². The highest BCUT2D eigenvalue weighted by molar-refractivity contribution is 5.42. The Morgan fingerprint density at radius 3 is 2.50 bits per heavy atom. The third-order valence-corrected chi connectivity index (χ3v) is 2.00. The molecule has 0 heterocycles. The maximum absolute atomic E-state index is 9.54. The Kier molecular flexibility index (Phi) is 2.71. The highest BCUT2D eigenvalue weighted by Crippen LogP contribution is 2.24. The topological polar surface area (TPSA) is 40.5 Å². The monoisotopic (exact) mass is 166 g/mol. The molecule has 0 aliphatic carbocycles. The minimum atomic E-state index is 0.0358. The molecule has 1 aromatic carbocycles. The van der Waals surface area contributed by atoms with Gasteiger partial charge in [0.15, 0.2) is 0 Å². The van der Waals surface area contributed by atoms with E-state index in [9.17, 15) is 5.11 Å². The summed E-state index contributed by atoms with van der Waals surface area (Å²) in [5.74, 6) is 0.356. The summed E-state index contributed by atoms with van der Waals surface area (Å²) in [6.45, 7) is 3.86. The van der Waals surface area contributed by atoms with E-state index >= 15 is 0 Å². The second-order valence-electron chi connectivity index (χ2n) is 2.93. The van der Waals surface area contributed by atoms with Gasteiger partial charge in [0.2, 0.25) is 0 Å². The van der Waals surface area contributed by atoms with Gasteiger partial charge in [-0.1, -0.05) is 13.0 Å². The minimum absolute atomic E-state index is 0.0358. The normalized spacial score (nSPS) is 10.2. The summed E-state index contributed by atoms with van der Waals surface area (Å²) in [7, 11) is 0. The van der Waals surface area contributed by atoms with Gasteiger partial charge in [-0.05, 0) is 36.1 Å². The lowest BCUT2D eigenvalue weighted by atomic mass is 10.0. The van der Waals surface area contributed by atoms with Crippen molar-refractivity contribution in [2.24, 2.45) is 0 Å². The molecule has 0 aromatic heterocycles. The lowest BCUT2D eigenvalue weighted by Gasteiger charge is -2.07. The van der Waals surface area contributed by atoms with Gasteiger partial charge in [-0.15, -0.1) is 0 Å². The van der Waals surface area contributed by atoms with E-state index in [1.165, 1.54) is 0 Å². The molecule has 0 radical (unpaired) electrons. The number of rotatable bonds is 2. The van der Waals surface area contributed by atoms with Crippen LogP contribution in [0.5, 0.6) is 5.75 Å². The summed E-state index contributed by atoms with van der Waals surface area (Å²) in [4.78, 5) is 0. The molecule has 0 bridgehead atoms. The summed E-state index contributed by atoms with van der Waals surface area (Å²) in [5, 5.41) is 18.4. The zero-order valence-corrected chi connectivity index (χ0v) is 7.46. The number of phenols is 1. The molecule has 0 saturated carbocycles. The molecule has 0 saturated heterocycles. The van der Waals surface area contributed by atoms with Crippen LogP contribution in [0.2, 0.25) is 0 Å². The highest BCUT2D eigenvalue weighted by Gasteiger charge is 2.04. The largest absolute Gasteiger partial charge is 0.507 e. The fourth-order valence-corrected chi connectivity index (χ4v) is 1.29. The first kappa shape index (κ1) is 9.07. The van der Waals surface area contributed by atoms with Crippen LogP contribution in [0.15, 0.2) is 12.1 Å². The van der Waals surface area contributed by atoms with Crippen molar-refractivity contribution in [2.75, 3.05) is 0 Å². The van der Waals surface area contributed by atoms with Crippen molar-refractivity contribution in [1.29, 1.82) is 0 Å². The van der Waals surface area contributed by atoms with Crippen LogP contribution in [0.25, 0.3) is 0 Å². The summed E-state index contributed by atoms with van der Waals surface area (Å²) in [5.41, 5.74) is 2.60. The Morgan fingerprint density at radius 1 is 1.33 bits per heavy atom. The maximum Gasteiger partial charge on any atom is 0.121 e. The predicted molar refractivity (Wildman–Crippen MR) is 48.1 cm³/mol. The van der Waals surface area contributed by atoms with Gasteiger partial charge in [0.25, 0.3) is 0 Å². The Balaban J connectivity index is 3.19. The second-order valence-corrected chi connectivity index (χ2v) is 2.93. The Hall–Kier alpha value is -1.02. The second kappa shape index (κ2) is 3.59. The molecular weight excluding hydrogens is 152 g/mol. The highest BCUT2D eigenvalue weighted by atomic mass is 16.3. The number of benzene rings is 1.